The van der Waals surface area contributed by atoms with Crippen molar-refractivity contribution in [3.05, 3.63) is 88.6 Å². The van der Waals surface area contributed by atoms with Gasteiger partial charge in [0.05, 0.1) is 40.7 Å². The second-order valence-electron chi connectivity index (χ2n) is 24.9. The van der Waals surface area contributed by atoms with Crippen LogP contribution in [-0.2, 0) is 38.5 Å². The summed E-state index contributed by atoms with van der Waals surface area (Å²) < 4.78 is 42.9. The zero-order valence-electron chi connectivity index (χ0n) is 44.4. The number of amides is 3. The Labute approximate surface area is 431 Å². The molecule has 5 aliphatic rings. The Balaban J connectivity index is 0.970. The molecule has 10 rings (SSSR count). The molecule has 15 nitrogen and oxygen atoms in total. The summed E-state index contributed by atoms with van der Waals surface area (Å²) in [6.07, 6.45) is 6.35. The first-order valence-electron chi connectivity index (χ1n) is 25.4. The molecule has 17 heteroatoms. The fraction of sp³-hybridized carbons (Fsp3) is 0.554. The molecule has 0 radical (unpaired) electrons. The van der Waals surface area contributed by atoms with E-state index in [1.54, 1.807) is 53.8 Å². The average molecular weight is 1020 g/mol. The van der Waals surface area contributed by atoms with Crippen molar-refractivity contribution in [1.82, 2.24) is 24.6 Å². The Bertz CT molecular complexity index is 2920. The van der Waals surface area contributed by atoms with Gasteiger partial charge in [-0.25, -0.2) is 33.6 Å². The number of halogens is 1. The molecular formula is C56H70FN7O8S. The molecule has 4 bridgehead atoms. The molecule has 3 amide bonds. The van der Waals surface area contributed by atoms with Crippen LogP contribution in [0.15, 0.2) is 54.7 Å². The maximum atomic E-state index is 15.8. The quantitative estimate of drug-likeness (QED) is 0.0984. The highest BCUT2D eigenvalue weighted by atomic mass is 32.1. The van der Waals surface area contributed by atoms with E-state index in [9.17, 15) is 19.2 Å². The monoisotopic (exact) mass is 1020 g/mol. The number of hydrogen-bond donors (Lipinski definition) is 1. The van der Waals surface area contributed by atoms with Gasteiger partial charge in [0.15, 0.2) is 10.8 Å². The molecular weight excluding hydrogens is 950 g/mol. The van der Waals surface area contributed by atoms with Crippen molar-refractivity contribution in [2.24, 2.45) is 16.2 Å². The van der Waals surface area contributed by atoms with Gasteiger partial charge >= 0.3 is 18.2 Å². The van der Waals surface area contributed by atoms with Crippen molar-refractivity contribution in [3.63, 3.8) is 0 Å². The van der Waals surface area contributed by atoms with Crippen LogP contribution in [0.4, 0.5) is 24.9 Å². The van der Waals surface area contributed by atoms with Crippen molar-refractivity contribution in [3.8, 4) is 11.1 Å². The molecule has 1 N–H and O–H groups in total. The number of fused-ring (bicyclic) bond motifs is 2. The topological polar surface area (TPSA) is 167 Å². The van der Waals surface area contributed by atoms with Gasteiger partial charge in [-0.2, -0.15) is 5.10 Å². The summed E-state index contributed by atoms with van der Waals surface area (Å²) in [5.74, 6) is -1.32. The van der Waals surface area contributed by atoms with Crippen molar-refractivity contribution >= 4 is 56.6 Å². The molecule has 4 aliphatic carbocycles. The highest BCUT2D eigenvalue weighted by molar-refractivity contribution is 7.22. The van der Waals surface area contributed by atoms with Crippen LogP contribution in [0.25, 0.3) is 21.3 Å². The number of esters is 1. The van der Waals surface area contributed by atoms with Gasteiger partial charge in [0.1, 0.15) is 28.4 Å². The molecule has 2 unspecified atom stereocenters. The zero-order valence-corrected chi connectivity index (χ0v) is 45.2. The SMILES string of the molecule is Cc1c(-c2ccc(N3CCc4ccc(F)c(C(=O)Nc5nc6ccccc6s5)c4C3)nc2C(=O)OC(C)(C)C)cnn1CC12CC3(C)CC(C)(C1)CC(OCCN(C(=O)OC(C)(C)C)C(=O)OC(C)(C)C)(C3)C2. The molecule has 0 spiro atoms. The minimum atomic E-state index is -0.815. The Morgan fingerprint density at radius 3 is 2.10 bits per heavy atom. The third-order valence-electron chi connectivity index (χ3n) is 14.4. The number of para-hydroxylation sites is 1. The van der Waals surface area contributed by atoms with E-state index in [0.717, 1.165) is 70.5 Å². The fourth-order valence-electron chi connectivity index (χ4n) is 13.0. The lowest BCUT2D eigenvalue weighted by atomic mass is 9.39. The van der Waals surface area contributed by atoms with Gasteiger partial charge in [0, 0.05) is 36.5 Å². The van der Waals surface area contributed by atoms with Gasteiger partial charge in [0.2, 0.25) is 0 Å². The van der Waals surface area contributed by atoms with Gasteiger partial charge in [-0.1, -0.05) is 43.4 Å². The molecule has 1 aliphatic heterocycles. The van der Waals surface area contributed by atoms with Crippen molar-refractivity contribution in [1.29, 1.82) is 0 Å². The number of aromatic nitrogens is 4. The Kier molecular flexibility index (Phi) is 13.1. The number of thiazole rings is 1. The highest BCUT2D eigenvalue weighted by Crippen LogP contribution is 2.72. The van der Waals surface area contributed by atoms with Crippen LogP contribution in [0.5, 0.6) is 0 Å². The van der Waals surface area contributed by atoms with Crippen LogP contribution in [0, 0.1) is 29.0 Å². The lowest BCUT2D eigenvalue weighted by Gasteiger charge is -2.69. The maximum absolute atomic E-state index is 15.8. The van der Waals surface area contributed by atoms with Gasteiger partial charge in [0.25, 0.3) is 5.91 Å². The van der Waals surface area contributed by atoms with E-state index in [1.807, 2.05) is 69.0 Å². The molecule has 0 saturated heterocycles. The van der Waals surface area contributed by atoms with Crippen molar-refractivity contribution in [2.45, 2.75) is 164 Å². The number of rotatable bonds is 11. The number of imide groups is 1. The lowest BCUT2D eigenvalue weighted by Crippen LogP contribution is -2.64. The Morgan fingerprint density at radius 2 is 1.45 bits per heavy atom. The normalized spacial score (nSPS) is 23.5. The minimum absolute atomic E-state index is 0.00521. The molecule has 3 aromatic heterocycles. The summed E-state index contributed by atoms with van der Waals surface area (Å²) in [7, 11) is 0. The van der Waals surface area contributed by atoms with E-state index in [0.29, 0.717) is 41.6 Å². The van der Waals surface area contributed by atoms with Crippen LogP contribution in [0.3, 0.4) is 0 Å². The smallest absolute Gasteiger partial charge is 0.419 e. The average Bonchev–Trinajstić information content (AvgIpc) is 3.82. The number of benzene rings is 2. The van der Waals surface area contributed by atoms with Gasteiger partial charge < -0.3 is 23.8 Å². The number of ether oxygens (including phenoxy) is 4. The predicted molar refractivity (Wildman–Crippen MR) is 278 cm³/mol. The highest BCUT2D eigenvalue weighted by Gasteiger charge is 2.66. The lowest BCUT2D eigenvalue weighted by molar-refractivity contribution is -0.248. The van der Waals surface area contributed by atoms with E-state index in [1.165, 1.54) is 17.4 Å². The molecule has 390 valence electrons. The maximum Gasteiger partial charge on any atom is 0.419 e. The van der Waals surface area contributed by atoms with E-state index in [4.69, 9.17) is 29.0 Å². The molecule has 2 aromatic carbocycles. The first-order valence-corrected chi connectivity index (χ1v) is 26.2. The molecule has 5 aromatic rings. The van der Waals surface area contributed by atoms with Crippen LogP contribution in [0.2, 0.25) is 0 Å². The number of nitrogens with one attached hydrogen (secondary N) is 1. The zero-order chi connectivity index (χ0) is 52.7. The van der Waals surface area contributed by atoms with E-state index >= 15 is 4.39 Å². The molecule has 2 atom stereocenters. The number of nitrogens with zero attached hydrogens (tertiary/aromatic N) is 6. The number of hydrogen-bond acceptors (Lipinski definition) is 13. The van der Waals surface area contributed by atoms with Gasteiger partial charge in [-0.15, -0.1) is 0 Å². The second-order valence-corrected chi connectivity index (χ2v) is 25.9. The Morgan fingerprint density at radius 1 is 0.795 bits per heavy atom. The van der Waals surface area contributed by atoms with Crippen molar-refractivity contribution < 1.29 is 42.5 Å². The summed E-state index contributed by atoms with van der Waals surface area (Å²) in [5.41, 5.74) is 1.32. The Hall–Kier alpha value is -5.94. The first kappa shape index (κ1) is 51.9. The minimum Gasteiger partial charge on any atom is -0.455 e. The molecule has 73 heavy (non-hydrogen) atoms. The third kappa shape index (κ3) is 11.1. The van der Waals surface area contributed by atoms with Gasteiger partial charge in [-0.3, -0.25) is 14.8 Å². The summed E-state index contributed by atoms with van der Waals surface area (Å²) >= 11 is 1.32. The van der Waals surface area contributed by atoms with Crippen LogP contribution in [0.1, 0.15) is 152 Å². The largest absolute Gasteiger partial charge is 0.455 e. The number of carbonyl (C=O) groups excluding carboxylic acids is 4. The summed E-state index contributed by atoms with van der Waals surface area (Å²) in [6, 6.07) is 14.4. The van der Waals surface area contributed by atoms with E-state index in [2.05, 4.69) is 28.8 Å². The molecule has 4 fully saturated rings. The van der Waals surface area contributed by atoms with Crippen molar-refractivity contribution in [2.75, 3.05) is 29.9 Å². The summed E-state index contributed by atoms with van der Waals surface area (Å²) in [6.45, 7) is 24.2. The first-order chi connectivity index (χ1) is 34.0. The second kappa shape index (κ2) is 18.5. The van der Waals surface area contributed by atoms with Crippen LogP contribution >= 0.6 is 11.3 Å². The van der Waals surface area contributed by atoms with Crippen LogP contribution in [-0.4, -0.2) is 90.8 Å². The number of carbonyl (C=O) groups is 4. The summed E-state index contributed by atoms with van der Waals surface area (Å²) in [5, 5.41) is 8.23. The van der Waals surface area contributed by atoms with E-state index in [-0.39, 0.29) is 47.2 Å². The fourth-order valence-corrected chi connectivity index (χ4v) is 13.9. The van der Waals surface area contributed by atoms with E-state index < -0.39 is 52.3 Å². The number of anilines is 2. The standard InChI is InChI=1S/C56H70FN7O8S/c1-34-37(25-58-64(34)33-55-28-53(11)27-54(12,29-55)31-56(30-53,32-55)69-24-23-63(48(67)71-51(5,6)7)49(68)72-52(8,9)10)36-18-20-42(60-44(36)46(66)70-50(2,3)4)62-22-21-35-17-19-39(57)43(38(35)26-62)45(65)61-47-59-40-15-13-14-16-41(40)73-47/h13-20,25H,21-24,26-33H2,1-12H3,(H,59,61,65). The summed E-state index contributed by atoms with van der Waals surface area (Å²) in [4.78, 5) is 67.4. The number of pyridine rings is 1. The third-order valence-corrected chi connectivity index (χ3v) is 15.3. The van der Waals surface area contributed by atoms with Gasteiger partial charge in [-0.05, 0) is 172 Å². The van der Waals surface area contributed by atoms with Crippen LogP contribution < -0.4 is 10.2 Å². The predicted octanol–water partition coefficient (Wildman–Crippen LogP) is 12.1. The molecule has 4 saturated carbocycles. The molecule has 4 heterocycles.